The molecule has 2 aromatic carbocycles. The van der Waals surface area contributed by atoms with Crippen molar-refractivity contribution in [3.05, 3.63) is 77.9 Å². The lowest BCUT2D eigenvalue weighted by molar-refractivity contribution is -0.143. The lowest BCUT2D eigenvalue weighted by Gasteiger charge is -2.17. The van der Waals surface area contributed by atoms with Crippen molar-refractivity contribution in [2.24, 2.45) is 23.7 Å². The summed E-state index contributed by atoms with van der Waals surface area (Å²) in [4.78, 5) is 51.7. The van der Waals surface area contributed by atoms with Crippen LogP contribution in [0.1, 0.15) is 22.3 Å². The van der Waals surface area contributed by atoms with Gasteiger partial charge in [-0.2, -0.15) is 0 Å². The highest BCUT2D eigenvalue weighted by Crippen LogP contribution is 2.52. The molecule has 2 bridgehead atoms. The fourth-order valence-corrected chi connectivity index (χ4v) is 4.96. The maximum atomic E-state index is 12.7. The molecule has 2 aromatic rings. The van der Waals surface area contributed by atoms with Crippen LogP contribution in [0.2, 0.25) is 0 Å². The van der Waals surface area contributed by atoms with Crippen molar-refractivity contribution in [3.63, 3.8) is 0 Å². The van der Waals surface area contributed by atoms with Crippen LogP contribution in [0.25, 0.3) is 0 Å². The maximum Gasteiger partial charge on any atom is 0.244 e. The maximum absolute atomic E-state index is 12.7. The Hall–Kier alpha value is -3.54. The third-order valence-corrected chi connectivity index (χ3v) is 6.31. The van der Waals surface area contributed by atoms with Gasteiger partial charge in [-0.05, 0) is 30.4 Å². The molecule has 0 radical (unpaired) electrons. The third kappa shape index (κ3) is 2.96. The molecule has 0 spiro atoms. The number of nitrogens with zero attached hydrogens (tertiary/aromatic N) is 1. The summed E-state index contributed by atoms with van der Waals surface area (Å²) in [6.45, 7) is -0.305. The molecule has 3 amide bonds. The number of amides is 3. The van der Waals surface area contributed by atoms with Crippen molar-refractivity contribution in [2.45, 2.75) is 6.42 Å². The van der Waals surface area contributed by atoms with Gasteiger partial charge in [0, 0.05) is 16.8 Å². The van der Waals surface area contributed by atoms with Gasteiger partial charge >= 0.3 is 0 Å². The third-order valence-electron chi connectivity index (χ3n) is 6.31. The van der Waals surface area contributed by atoms with E-state index in [1.165, 1.54) is 0 Å². The molecular weight excluding hydrogens is 380 g/mol. The normalized spacial score (nSPS) is 26.2. The van der Waals surface area contributed by atoms with Gasteiger partial charge in [-0.15, -0.1) is 0 Å². The number of rotatable bonds is 5. The van der Waals surface area contributed by atoms with Gasteiger partial charge in [-0.1, -0.05) is 54.6 Å². The number of anilines is 1. The minimum Gasteiger partial charge on any atom is -0.325 e. The van der Waals surface area contributed by atoms with E-state index in [-0.39, 0.29) is 47.8 Å². The van der Waals surface area contributed by atoms with Crippen molar-refractivity contribution in [1.82, 2.24) is 4.90 Å². The summed E-state index contributed by atoms with van der Waals surface area (Å²) in [7, 11) is 0. The number of ketones is 1. The summed E-state index contributed by atoms with van der Waals surface area (Å²) in [5.41, 5.74) is 1.45. The van der Waals surface area contributed by atoms with Gasteiger partial charge in [0.2, 0.25) is 17.7 Å². The van der Waals surface area contributed by atoms with Crippen molar-refractivity contribution in [2.75, 3.05) is 11.9 Å². The first-order chi connectivity index (χ1) is 14.5. The second kappa shape index (κ2) is 7.06. The first-order valence-corrected chi connectivity index (χ1v) is 10.1. The van der Waals surface area contributed by atoms with Crippen LogP contribution in [0.4, 0.5) is 5.69 Å². The number of hydrogen-bond acceptors (Lipinski definition) is 4. The minimum atomic E-state index is -0.457. The average Bonchev–Trinajstić information content (AvgIpc) is 3.44. The van der Waals surface area contributed by atoms with Crippen LogP contribution >= 0.6 is 0 Å². The van der Waals surface area contributed by atoms with Gasteiger partial charge in [0.1, 0.15) is 6.54 Å². The first kappa shape index (κ1) is 18.5. The van der Waals surface area contributed by atoms with E-state index in [2.05, 4.69) is 5.32 Å². The molecule has 1 aliphatic heterocycles. The van der Waals surface area contributed by atoms with Gasteiger partial charge in [0.05, 0.1) is 11.8 Å². The van der Waals surface area contributed by atoms with Crippen LogP contribution in [0.3, 0.4) is 0 Å². The van der Waals surface area contributed by atoms with E-state index in [0.29, 0.717) is 16.8 Å². The quantitative estimate of drug-likeness (QED) is 0.475. The number of hydrogen-bond donors (Lipinski definition) is 1. The van der Waals surface area contributed by atoms with Gasteiger partial charge < -0.3 is 5.32 Å². The van der Waals surface area contributed by atoms with Crippen LogP contribution in [0.5, 0.6) is 0 Å². The molecule has 4 atom stereocenters. The molecule has 3 aliphatic rings. The molecule has 4 unspecified atom stereocenters. The van der Waals surface area contributed by atoms with Crippen molar-refractivity contribution >= 4 is 29.2 Å². The second-order valence-corrected chi connectivity index (χ2v) is 8.09. The molecule has 2 fully saturated rings. The molecule has 30 heavy (non-hydrogen) atoms. The second-order valence-electron chi connectivity index (χ2n) is 8.09. The zero-order valence-corrected chi connectivity index (χ0v) is 16.2. The molecule has 0 aromatic heterocycles. The Balaban J connectivity index is 1.27. The first-order valence-electron chi connectivity index (χ1n) is 10.1. The summed E-state index contributed by atoms with van der Waals surface area (Å²) in [6, 6.07) is 15.5. The summed E-state index contributed by atoms with van der Waals surface area (Å²) in [5, 5.41) is 2.71. The molecule has 2 aliphatic carbocycles. The standard InChI is InChI=1S/C24H20N2O4/c27-19(13-26-23(29)20-15-9-10-16(11-15)21(20)24(26)30)25-18-8-4-7-17(12-18)22(28)14-5-2-1-3-6-14/h1-10,12,15-16,20-21H,11,13H2,(H,25,27). The molecule has 1 N–H and O–H groups in total. The Kier molecular flexibility index (Phi) is 4.35. The number of imide groups is 1. The van der Waals surface area contributed by atoms with Crippen LogP contribution in [0.15, 0.2) is 66.7 Å². The molecule has 6 heteroatoms. The predicted molar refractivity (Wildman–Crippen MR) is 109 cm³/mol. The fourth-order valence-electron chi connectivity index (χ4n) is 4.96. The predicted octanol–water partition coefficient (Wildman–Crippen LogP) is 2.66. The largest absolute Gasteiger partial charge is 0.325 e. The number of allylic oxidation sites excluding steroid dienone is 2. The number of nitrogens with one attached hydrogen (secondary N) is 1. The monoisotopic (exact) mass is 400 g/mol. The smallest absolute Gasteiger partial charge is 0.244 e. The average molecular weight is 400 g/mol. The van der Waals surface area contributed by atoms with Crippen molar-refractivity contribution in [1.29, 1.82) is 0 Å². The van der Waals surface area contributed by atoms with Gasteiger partial charge in [0.25, 0.3) is 0 Å². The SMILES string of the molecule is O=C(CN1C(=O)C2C3C=CC(C3)C2C1=O)Nc1cccc(C(=O)c2ccccc2)c1. The molecule has 150 valence electrons. The minimum absolute atomic E-state index is 0.116. The number of carbonyl (C=O) groups is 4. The number of carbonyl (C=O) groups excluding carboxylic acids is 4. The Morgan fingerprint density at radius 1 is 0.867 bits per heavy atom. The van der Waals surface area contributed by atoms with E-state index in [1.54, 1.807) is 48.5 Å². The van der Waals surface area contributed by atoms with E-state index >= 15 is 0 Å². The summed E-state index contributed by atoms with van der Waals surface area (Å²) >= 11 is 0. The van der Waals surface area contributed by atoms with E-state index in [4.69, 9.17) is 0 Å². The van der Waals surface area contributed by atoms with Crippen LogP contribution in [-0.2, 0) is 14.4 Å². The number of fused-ring (bicyclic) bond motifs is 5. The molecular formula is C24H20N2O4. The molecule has 1 heterocycles. The van der Waals surface area contributed by atoms with Crippen molar-refractivity contribution < 1.29 is 19.2 Å². The highest BCUT2D eigenvalue weighted by Gasteiger charge is 2.59. The zero-order chi connectivity index (χ0) is 20.8. The van der Waals surface area contributed by atoms with E-state index in [0.717, 1.165) is 11.3 Å². The highest BCUT2D eigenvalue weighted by molar-refractivity contribution is 6.11. The van der Waals surface area contributed by atoms with Gasteiger partial charge in [-0.25, -0.2) is 0 Å². The Labute approximate surface area is 173 Å². The number of benzene rings is 2. The molecule has 1 saturated heterocycles. The summed E-state index contributed by atoms with van der Waals surface area (Å²) in [5.74, 6) is -1.49. The Morgan fingerprint density at radius 2 is 1.50 bits per heavy atom. The Morgan fingerprint density at radius 3 is 2.17 bits per heavy atom. The highest BCUT2D eigenvalue weighted by atomic mass is 16.2. The van der Waals surface area contributed by atoms with E-state index in [9.17, 15) is 19.2 Å². The zero-order valence-electron chi connectivity index (χ0n) is 16.2. The molecule has 5 rings (SSSR count). The lowest BCUT2D eigenvalue weighted by Crippen LogP contribution is -2.39. The molecule has 1 saturated carbocycles. The fraction of sp³-hybridized carbons (Fsp3) is 0.250. The van der Waals surface area contributed by atoms with E-state index < -0.39 is 5.91 Å². The van der Waals surface area contributed by atoms with Crippen LogP contribution in [0, 0.1) is 23.7 Å². The topological polar surface area (TPSA) is 83.6 Å². The van der Waals surface area contributed by atoms with Crippen LogP contribution in [-0.4, -0.2) is 34.9 Å². The van der Waals surface area contributed by atoms with E-state index in [1.807, 2.05) is 18.2 Å². The molecule has 6 nitrogen and oxygen atoms in total. The van der Waals surface area contributed by atoms with Gasteiger partial charge in [-0.3, -0.25) is 24.1 Å². The van der Waals surface area contributed by atoms with Crippen LogP contribution < -0.4 is 5.32 Å². The lowest BCUT2D eigenvalue weighted by atomic mass is 9.85. The Bertz CT molecular complexity index is 1060. The summed E-state index contributed by atoms with van der Waals surface area (Å²) < 4.78 is 0. The summed E-state index contributed by atoms with van der Waals surface area (Å²) in [6.07, 6.45) is 4.90. The van der Waals surface area contributed by atoms with Crippen molar-refractivity contribution in [3.8, 4) is 0 Å². The van der Waals surface area contributed by atoms with Gasteiger partial charge in [0.15, 0.2) is 5.78 Å². The number of likely N-dealkylation sites (tertiary alicyclic amines) is 1.